The molecule has 24 heavy (non-hydrogen) atoms. The molecule has 0 radical (unpaired) electrons. The number of rotatable bonds is 6. The van der Waals surface area contributed by atoms with Gasteiger partial charge >= 0.3 is 0 Å². The van der Waals surface area contributed by atoms with Crippen LogP contribution in [0.1, 0.15) is 44.3 Å². The fourth-order valence-corrected chi connectivity index (χ4v) is 3.96. The molecule has 6 nitrogen and oxygen atoms in total. The first-order valence-electron chi connectivity index (χ1n) is 8.15. The number of nitrogens with one attached hydrogen (secondary N) is 1. The van der Waals surface area contributed by atoms with Crippen LogP contribution in [0.2, 0.25) is 5.15 Å². The smallest absolute Gasteiger partial charge is 0.234 e. The molecule has 1 N–H and O–H groups in total. The molecule has 1 aliphatic carbocycles. The summed E-state index contributed by atoms with van der Waals surface area (Å²) in [5, 5.41) is 12.5. The predicted molar refractivity (Wildman–Crippen MR) is 95.5 cm³/mol. The normalized spacial score (nSPS) is 14.9. The van der Waals surface area contributed by atoms with Crippen molar-refractivity contribution in [3.63, 3.8) is 0 Å². The first-order chi connectivity index (χ1) is 11.7. The third-order valence-electron chi connectivity index (χ3n) is 4.15. The van der Waals surface area contributed by atoms with Crippen molar-refractivity contribution in [1.29, 1.82) is 0 Å². The maximum absolute atomic E-state index is 12.1. The lowest BCUT2D eigenvalue weighted by Crippen LogP contribution is -2.15. The van der Waals surface area contributed by atoms with E-state index in [0.29, 0.717) is 11.6 Å². The number of carbonyl (C=O) groups is 1. The Hall–Kier alpha value is -1.60. The van der Waals surface area contributed by atoms with Crippen molar-refractivity contribution < 1.29 is 4.79 Å². The van der Waals surface area contributed by atoms with Crippen LogP contribution in [-0.4, -0.2) is 31.4 Å². The van der Waals surface area contributed by atoms with Gasteiger partial charge in [-0.3, -0.25) is 4.79 Å². The largest absolute Gasteiger partial charge is 0.323 e. The van der Waals surface area contributed by atoms with Crippen molar-refractivity contribution in [2.45, 2.75) is 50.2 Å². The Morgan fingerprint density at radius 3 is 2.92 bits per heavy atom. The maximum Gasteiger partial charge on any atom is 0.234 e. The van der Waals surface area contributed by atoms with Crippen LogP contribution in [0.3, 0.4) is 0 Å². The molecule has 2 heterocycles. The summed E-state index contributed by atoms with van der Waals surface area (Å²) in [6.45, 7) is 2.90. The Balaban J connectivity index is 1.62. The first kappa shape index (κ1) is 17.2. The van der Waals surface area contributed by atoms with Gasteiger partial charge in [0.05, 0.1) is 11.4 Å². The first-order valence-corrected chi connectivity index (χ1v) is 9.51. The number of halogens is 1. The molecule has 0 unspecified atom stereocenters. The van der Waals surface area contributed by atoms with E-state index in [0.717, 1.165) is 17.5 Å². The molecule has 0 saturated heterocycles. The van der Waals surface area contributed by atoms with E-state index in [2.05, 4.69) is 32.0 Å². The molecule has 1 amide bonds. The van der Waals surface area contributed by atoms with Crippen LogP contribution in [0, 0.1) is 0 Å². The van der Waals surface area contributed by atoms with Gasteiger partial charge in [0.15, 0.2) is 10.3 Å². The molecule has 0 aromatic carbocycles. The van der Waals surface area contributed by atoms with Gasteiger partial charge in [0.1, 0.15) is 5.82 Å². The molecule has 2 aromatic heterocycles. The van der Waals surface area contributed by atoms with Gasteiger partial charge < -0.3 is 9.88 Å². The van der Waals surface area contributed by atoms with Crippen LogP contribution in [0.15, 0.2) is 23.5 Å². The Labute approximate surface area is 150 Å². The molecular weight excluding hydrogens is 346 g/mol. The average molecular weight is 366 g/mol. The van der Waals surface area contributed by atoms with Gasteiger partial charge in [-0.15, -0.1) is 10.2 Å². The molecule has 2 aromatic rings. The molecule has 0 atom stereocenters. The minimum absolute atomic E-state index is 0.136. The molecule has 8 heteroatoms. The Kier molecular flexibility index (Phi) is 5.73. The van der Waals surface area contributed by atoms with Crippen LogP contribution < -0.4 is 5.32 Å². The lowest BCUT2D eigenvalue weighted by Gasteiger charge is -2.11. The van der Waals surface area contributed by atoms with Crippen molar-refractivity contribution in [3.05, 3.63) is 29.3 Å². The Morgan fingerprint density at radius 1 is 1.42 bits per heavy atom. The zero-order chi connectivity index (χ0) is 16.9. The molecule has 0 aliphatic heterocycles. The van der Waals surface area contributed by atoms with Gasteiger partial charge in [0.2, 0.25) is 5.91 Å². The molecule has 1 fully saturated rings. The summed E-state index contributed by atoms with van der Waals surface area (Å²) in [7, 11) is 0. The van der Waals surface area contributed by atoms with Gasteiger partial charge in [-0.1, -0.05) is 36.2 Å². The molecule has 1 aliphatic rings. The third kappa shape index (κ3) is 3.89. The second-order valence-corrected chi connectivity index (χ2v) is 7.05. The van der Waals surface area contributed by atoms with Crippen molar-refractivity contribution in [1.82, 2.24) is 19.7 Å². The molecule has 1 saturated carbocycles. The highest BCUT2D eigenvalue weighted by Crippen LogP contribution is 2.34. The summed E-state index contributed by atoms with van der Waals surface area (Å²) in [4.78, 5) is 16.1. The minimum atomic E-state index is -0.136. The third-order valence-corrected chi connectivity index (χ3v) is 5.42. The second-order valence-electron chi connectivity index (χ2n) is 5.75. The fourth-order valence-electron chi connectivity index (χ4n) is 2.99. The number of hydrogen-bond acceptors (Lipinski definition) is 5. The number of nitrogens with zero attached hydrogens (tertiary/aromatic N) is 4. The van der Waals surface area contributed by atoms with Crippen LogP contribution in [-0.2, 0) is 11.3 Å². The van der Waals surface area contributed by atoms with E-state index in [4.69, 9.17) is 11.6 Å². The number of amides is 1. The van der Waals surface area contributed by atoms with Gasteiger partial charge in [0.25, 0.3) is 0 Å². The Morgan fingerprint density at radius 2 is 2.21 bits per heavy atom. The van der Waals surface area contributed by atoms with Gasteiger partial charge in [0, 0.05) is 18.7 Å². The number of carbonyl (C=O) groups excluding carboxylic acids is 1. The van der Waals surface area contributed by atoms with Gasteiger partial charge in [-0.25, -0.2) is 4.98 Å². The number of anilines is 1. The minimum Gasteiger partial charge on any atom is -0.323 e. The second kappa shape index (κ2) is 7.98. The van der Waals surface area contributed by atoms with E-state index in [9.17, 15) is 4.79 Å². The Bertz CT molecular complexity index is 714. The highest BCUT2D eigenvalue weighted by Gasteiger charge is 2.24. The fraction of sp³-hybridized carbons (Fsp3) is 0.500. The standard InChI is InChI=1S/C16H20ClN5OS/c1-2-22-15(11-6-3-4-7-11)20-21-16(22)24-10-13(23)19-12-8-5-9-18-14(12)17/h5,8-9,11H,2-4,6-7,10H2,1H3,(H,19,23). The highest BCUT2D eigenvalue weighted by molar-refractivity contribution is 7.99. The lowest BCUT2D eigenvalue weighted by molar-refractivity contribution is -0.113. The molecule has 128 valence electrons. The topological polar surface area (TPSA) is 72.7 Å². The predicted octanol–water partition coefficient (Wildman–Crippen LogP) is 3.73. The number of hydrogen-bond donors (Lipinski definition) is 1. The monoisotopic (exact) mass is 365 g/mol. The molecular formula is C16H20ClN5OS. The van der Waals surface area contributed by atoms with Crippen molar-refractivity contribution in [2.24, 2.45) is 0 Å². The van der Waals surface area contributed by atoms with Crippen LogP contribution in [0.4, 0.5) is 5.69 Å². The zero-order valence-electron chi connectivity index (χ0n) is 13.5. The van der Waals surface area contributed by atoms with Crippen LogP contribution in [0.25, 0.3) is 0 Å². The van der Waals surface area contributed by atoms with Crippen molar-refractivity contribution in [2.75, 3.05) is 11.1 Å². The summed E-state index contributed by atoms with van der Waals surface area (Å²) in [6.07, 6.45) is 6.47. The SMILES string of the molecule is CCn1c(SCC(=O)Nc2cccnc2Cl)nnc1C1CCCC1. The highest BCUT2D eigenvalue weighted by atomic mass is 35.5. The van der Waals surface area contributed by atoms with Crippen molar-refractivity contribution in [3.8, 4) is 0 Å². The summed E-state index contributed by atoms with van der Waals surface area (Å²) in [5.41, 5.74) is 0.522. The molecule has 3 rings (SSSR count). The van der Waals surface area contributed by atoms with Gasteiger partial charge in [-0.2, -0.15) is 0 Å². The summed E-state index contributed by atoms with van der Waals surface area (Å²) < 4.78 is 2.13. The summed E-state index contributed by atoms with van der Waals surface area (Å²) in [6, 6.07) is 3.46. The van der Waals surface area contributed by atoms with E-state index in [1.807, 2.05) is 0 Å². The number of thioether (sulfide) groups is 1. The van der Waals surface area contributed by atoms with Crippen molar-refractivity contribution >= 4 is 35.0 Å². The number of aromatic nitrogens is 4. The van der Waals surface area contributed by atoms with E-state index < -0.39 is 0 Å². The van der Waals surface area contributed by atoms with E-state index in [-0.39, 0.29) is 16.8 Å². The van der Waals surface area contributed by atoms with E-state index in [1.165, 1.54) is 37.4 Å². The molecule has 0 bridgehead atoms. The average Bonchev–Trinajstić information content (AvgIpc) is 3.23. The zero-order valence-corrected chi connectivity index (χ0v) is 15.1. The van der Waals surface area contributed by atoms with Gasteiger partial charge in [-0.05, 0) is 31.9 Å². The number of pyridine rings is 1. The van der Waals surface area contributed by atoms with E-state index in [1.54, 1.807) is 18.3 Å². The summed E-state index contributed by atoms with van der Waals surface area (Å²) in [5.74, 6) is 1.69. The summed E-state index contributed by atoms with van der Waals surface area (Å²) >= 11 is 7.35. The van der Waals surface area contributed by atoms with Crippen LogP contribution in [0.5, 0.6) is 0 Å². The van der Waals surface area contributed by atoms with E-state index >= 15 is 0 Å². The lowest BCUT2D eigenvalue weighted by atomic mass is 10.1. The maximum atomic E-state index is 12.1. The van der Waals surface area contributed by atoms with Crippen LogP contribution >= 0.6 is 23.4 Å². The molecule has 0 spiro atoms. The quantitative estimate of drug-likeness (QED) is 0.623.